The lowest BCUT2D eigenvalue weighted by Crippen LogP contribution is -2.24. The summed E-state index contributed by atoms with van der Waals surface area (Å²) in [7, 11) is 0. The lowest BCUT2D eigenvalue weighted by atomic mass is 9.89. The van der Waals surface area contributed by atoms with Crippen LogP contribution < -0.4 is 4.74 Å². The maximum absolute atomic E-state index is 8.74. The van der Waals surface area contributed by atoms with Crippen LogP contribution in [0.15, 0.2) is 18.2 Å². The van der Waals surface area contributed by atoms with Crippen molar-refractivity contribution in [3.05, 3.63) is 29.3 Å². The molecule has 1 aliphatic carbocycles. The van der Waals surface area contributed by atoms with Gasteiger partial charge in [-0.15, -0.1) is 0 Å². The molecule has 2 nitrogen and oxygen atoms in total. The maximum Gasteiger partial charge on any atom is 0.120 e. The van der Waals surface area contributed by atoms with Crippen LogP contribution in [0.5, 0.6) is 5.75 Å². The Morgan fingerprint density at radius 3 is 2.90 bits per heavy atom. The molecule has 20 heavy (non-hydrogen) atoms. The topological polar surface area (TPSA) is 29.5 Å². The van der Waals surface area contributed by atoms with Crippen molar-refractivity contribution in [1.29, 1.82) is 0 Å². The molecule has 2 unspecified atom stereocenters. The van der Waals surface area contributed by atoms with Crippen LogP contribution in [0.25, 0.3) is 0 Å². The molecule has 0 amide bonds. The highest BCUT2D eigenvalue weighted by molar-refractivity contribution is 5.44. The summed E-state index contributed by atoms with van der Waals surface area (Å²) in [6.45, 7) is 4.48. The number of hydrogen-bond donors (Lipinski definition) is 1. The van der Waals surface area contributed by atoms with E-state index in [1.807, 2.05) is 12.1 Å². The van der Waals surface area contributed by atoms with Gasteiger partial charge in [-0.25, -0.2) is 0 Å². The number of ether oxygens (including phenoxy) is 1. The molecule has 1 aromatic rings. The number of rotatable bonds is 3. The zero-order chi connectivity index (χ0) is 14.4. The number of benzene rings is 1. The van der Waals surface area contributed by atoms with Gasteiger partial charge in [-0.1, -0.05) is 25.2 Å². The Morgan fingerprint density at radius 1 is 1.35 bits per heavy atom. The van der Waals surface area contributed by atoms with Gasteiger partial charge in [-0.2, -0.15) is 0 Å². The fourth-order valence-corrected chi connectivity index (χ4v) is 2.74. The first-order valence-corrected chi connectivity index (χ1v) is 7.56. The van der Waals surface area contributed by atoms with Crippen molar-refractivity contribution in [3.8, 4) is 17.6 Å². The van der Waals surface area contributed by atoms with E-state index >= 15 is 0 Å². The van der Waals surface area contributed by atoms with Gasteiger partial charge in [0.05, 0.1) is 12.7 Å². The van der Waals surface area contributed by atoms with Gasteiger partial charge in [-0.3, -0.25) is 0 Å². The summed E-state index contributed by atoms with van der Waals surface area (Å²) in [6.07, 6.45) is 5.83. The average molecular weight is 272 g/mol. The molecule has 0 radical (unpaired) electrons. The Morgan fingerprint density at radius 2 is 2.20 bits per heavy atom. The maximum atomic E-state index is 8.74. The molecule has 1 saturated carbocycles. The van der Waals surface area contributed by atoms with Crippen molar-refractivity contribution in [2.24, 2.45) is 5.92 Å². The summed E-state index contributed by atoms with van der Waals surface area (Å²) in [5.74, 6) is 7.77. The molecular weight excluding hydrogens is 248 g/mol. The largest absolute Gasteiger partial charge is 0.490 e. The fraction of sp³-hybridized carbons (Fsp3) is 0.556. The van der Waals surface area contributed by atoms with Crippen molar-refractivity contribution < 1.29 is 9.84 Å². The number of aliphatic hydroxyl groups is 1. The van der Waals surface area contributed by atoms with Gasteiger partial charge in [-0.05, 0) is 55.9 Å². The first-order valence-electron chi connectivity index (χ1n) is 7.56. The minimum Gasteiger partial charge on any atom is -0.490 e. The Kier molecular flexibility index (Phi) is 5.49. The first-order chi connectivity index (χ1) is 9.69. The zero-order valence-electron chi connectivity index (χ0n) is 12.5. The molecule has 0 heterocycles. The standard InChI is InChI=1S/C18H24O2/c1-14-6-5-8-17(12-14)20-18-10-9-16(15(2)13-18)7-3-4-11-19/h9-10,13-14,17,19H,4-6,8,11-12H2,1-2H3. The minimum atomic E-state index is 0.118. The smallest absolute Gasteiger partial charge is 0.120 e. The van der Waals surface area contributed by atoms with E-state index < -0.39 is 0 Å². The van der Waals surface area contributed by atoms with E-state index in [0.717, 1.165) is 29.2 Å². The molecule has 1 N–H and O–H groups in total. The molecule has 1 fully saturated rings. The molecule has 2 heteroatoms. The third-order valence-corrected chi connectivity index (χ3v) is 3.85. The Hall–Kier alpha value is -1.46. The van der Waals surface area contributed by atoms with Gasteiger partial charge < -0.3 is 9.84 Å². The van der Waals surface area contributed by atoms with Crippen LogP contribution in [0, 0.1) is 24.7 Å². The van der Waals surface area contributed by atoms with Gasteiger partial charge in [0.2, 0.25) is 0 Å². The van der Waals surface area contributed by atoms with Crippen molar-refractivity contribution in [2.45, 2.75) is 52.1 Å². The summed E-state index contributed by atoms with van der Waals surface area (Å²) < 4.78 is 6.10. The van der Waals surface area contributed by atoms with Gasteiger partial charge >= 0.3 is 0 Å². The summed E-state index contributed by atoms with van der Waals surface area (Å²) >= 11 is 0. The third-order valence-electron chi connectivity index (χ3n) is 3.85. The molecule has 1 aromatic carbocycles. The minimum absolute atomic E-state index is 0.118. The molecule has 0 spiro atoms. The molecule has 2 rings (SSSR count). The van der Waals surface area contributed by atoms with Crippen molar-refractivity contribution >= 4 is 0 Å². The van der Waals surface area contributed by atoms with E-state index in [1.54, 1.807) is 0 Å². The molecule has 1 aliphatic rings. The second-order valence-corrected chi connectivity index (χ2v) is 5.76. The summed E-state index contributed by atoms with van der Waals surface area (Å²) in [5.41, 5.74) is 2.15. The average Bonchev–Trinajstić information content (AvgIpc) is 2.41. The van der Waals surface area contributed by atoms with E-state index in [9.17, 15) is 0 Å². The normalized spacial score (nSPS) is 21.9. The SMILES string of the molecule is Cc1cc(OC2CCCC(C)C2)ccc1C#CCCO. The highest BCUT2D eigenvalue weighted by Crippen LogP contribution is 2.28. The van der Waals surface area contributed by atoms with Crippen molar-refractivity contribution in [2.75, 3.05) is 6.61 Å². The fourth-order valence-electron chi connectivity index (χ4n) is 2.74. The van der Waals surface area contributed by atoms with Crippen LogP contribution >= 0.6 is 0 Å². The van der Waals surface area contributed by atoms with Crippen LogP contribution in [-0.2, 0) is 0 Å². The Balaban J connectivity index is 2.00. The predicted molar refractivity (Wildman–Crippen MR) is 81.8 cm³/mol. The summed E-state index contributed by atoms with van der Waals surface area (Å²) in [4.78, 5) is 0. The van der Waals surface area contributed by atoms with Gasteiger partial charge in [0.25, 0.3) is 0 Å². The Bertz CT molecular complexity index is 496. The van der Waals surface area contributed by atoms with E-state index in [-0.39, 0.29) is 6.61 Å². The van der Waals surface area contributed by atoms with Crippen molar-refractivity contribution in [1.82, 2.24) is 0 Å². The molecular formula is C18H24O2. The molecule has 0 aromatic heterocycles. The van der Waals surface area contributed by atoms with Gasteiger partial charge in [0.1, 0.15) is 5.75 Å². The number of aryl methyl sites for hydroxylation is 1. The summed E-state index contributed by atoms with van der Waals surface area (Å²) in [5, 5.41) is 8.74. The third kappa shape index (κ3) is 4.28. The van der Waals surface area contributed by atoms with Gasteiger partial charge in [0.15, 0.2) is 0 Å². The first kappa shape index (κ1) is 14.9. The Labute approximate surface area is 122 Å². The van der Waals surface area contributed by atoms with Gasteiger partial charge in [0, 0.05) is 12.0 Å². The van der Waals surface area contributed by atoms with Crippen LogP contribution in [0.3, 0.4) is 0 Å². The van der Waals surface area contributed by atoms with E-state index in [2.05, 4.69) is 31.8 Å². The van der Waals surface area contributed by atoms with Crippen molar-refractivity contribution in [3.63, 3.8) is 0 Å². The summed E-state index contributed by atoms with van der Waals surface area (Å²) in [6, 6.07) is 6.10. The van der Waals surface area contributed by atoms with E-state index in [4.69, 9.17) is 9.84 Å². The highest BCUT2D eigenvalue weighted by Gasteiger charge is 2.20. The van der Waals surface area contributed by atoms with E-state index in [1.165, 1.54) is 19.3 Å². The highest BCUT2D eigenvalue weighted by atomic mass is 16.5. The van der Waals surface area contributed by atoms with E-state index in [0.29, 0.717) is 12.5 Å². The molecule has 108 valence electrons. The quantitative estimate of drug-likeness (QED) is 0.850. The van der Waals surface area contributed by atoms with Crippen LogP contribution in [-0.4, -0.2) is 17.8 Å². The monoisotopic (exact) mass is 272 g/mol. The molecule has 2 atom stereocenters. The second-order valence-electron chi connectivity index (χ2n) is 5.76. The number of aliphatic hydroxyl groups excluding tert-OH is 1. The molecule has 0 aliphatic heterocycles. The number of hydrogen-bond acceptors (Lipinski definition) is 2. The van der Waals surface area contributed by atoms with Crippen LogP contribution in [0.4, 0.5) is 0 Å². The molecule has 0 saturated heterocycles. The zero-order valence-corrected chi connectivity index (χ0v) is 12.5. The lowest BCUT2D eigenvalue weighted by molar-refractivity contribution is 0.129. The lowest BCUT2D eigenvalue weighted by Gasteiger charge is -2.27. The second kappa shape index (κ2) is 7.36. The predicted octanol–water partition coefficient (Wildman–Crippen LogP) is 3.69. The van der Waals surface area contributed by atoms with Crippen LogP contribution in [0.2, 0.25) is 0 Å². The van der Waals surface area contributed by atoms with Crippen LogP contribution in [0.1, 0.15) is 50.2 Å². The molecule has 0 bridgehead atoms.